The number of ketones is 1. The number of aliphatic hydroxyl groups excluding tert-OH is 3. The highest BCUT2D eigenvalue weighted by atomic mass is 28.3. The van der Waals surface area contributed by atoms with Crippen molar-refractivity contribution < 1.29 is 77.6 Å². The molecule has 1 unspecified atom stereocenters. The minimum absolute atomic E-state index is 0.0249. The van der Waals surface area contributed by atoms with Crippen molar-refractivity contribution in [3.05, 3.63) is 66.0 Å². The summed E-state index contributed by atoms with van der Waals surface area (Å²) in [6, 6.07) is -4.84. The van der Waals surface area contributed by atoms with Crippen LogP contribution in [0.1, 0.15) is 125 Å². The summed E-state index contributed by atoms with van der Waals surface area (Å²) in [7, 11) is -2.24. The Morgan fingerprint density at radius 3 is 1.86 bits per heavy atom. The molecule has 0 saturated carbocycles. The van der Waals surface area contributed by atoms with E-state index in [4.69, 9.17) is 16.2 Å². The number of aliphatic hydroxyl groups is 3. The average Bonchev–Trinajstić information content (AvgIpc) is 0.816. The highest BCUT2D eigenvalue weighted by molar-refractivity contribution is 6.76. The number of rotatable bonds is 23. The second kappa shape index (κ2) is 38.9. The monoisotopic (exact) mass is 1380 g/mol. The minimum Gasteiger partial charge on any atom is -0.444 e. The molecule has 1 saturated heterocycles. The number of nitrogens with two attached hydrogens (primary N) is 2. The van der Waals surface area contributed by atoms with E-state index in [2.05, 4.69) is 68.5 Å². The number of benzene rings is 1. The summed E-state index contributed by atoms with van der Waals surface area (Å²) in [5.41, 5.74) is 10.8. The topological polar surface area (TPSA) is 484 Å². The molecule has 540 valence electrons. The lowest BCUT2D eigenvalue weighted by atomic mass is 9.84. The van der Waals surface area contributed by atoms with E-state index in [1.807, 2.05) is 19.6 Å². The lowest BCUT2D eigenvalue weighted by molar-refractivity contribution is -0.139. The summed E-state index contributed by atoms with van der Waals surface area (Å²) < 4.78 is 5.52. The number of alkyl carbamates (subject to hydrolysis) is 1. The Bertz CT molecular complexity index is 3030. The Hall–Kier alpha value is -8.62. The SMILES string of the molecule is CC[C@H](C)[C@@H]1NC(=O)[C@@H](CCCN=C(N)N)NC(=O)[C@H](CC(C)C)NC(=O)[C@H]([C@H](O)C(C)C)NC(=O)[C@@H](CC(=O)[C@H](Cc2cccnc2)NC(=O)[C@@H](C[Si](C)(C)C)NC(=O)OC(C)(C)C)[C@@H](c2ccccc2)NC(=O)C(CO)NC(=O)[C@H](C)NC(=O)CNC(=O)[C@H]([C@H](C)O)NC1=O. The molecule has 2 heterocycles. The highest BCUT2D eigenvalue weighted by Gasteiger charge is 2.43. The van der Waals surface area contributed by atoms with Gasteiger partial charge in [-0.1, -0.05) is 104 Å². The maximum atomic E-state index is 15.7. The van der Waals surface area contributed by atoms with Crippen LogP contribution in [-0.2, 0) is 63.9 Å². The van der Waals surface area contributed by atoms with Crippen LogP contribution in [0.4, 0.5) is 4.79 Å². The molecule has 1 fully saturated rings. The number of pyridine rings is 1. The molecule has 2 aromatic rings. The number of amides is 11. The first-order valence-electron chi connectivity index (χ1n) is 32.7. The Balaban J connectivity index is 2.42. The lowest BCUT2D eigenvalue weighted by Gasteiger charge is -2.34. The third-order valence-corrected chi connectivity index (χ3v) is 17.3. The smallest absolute Gasteiger partial charge is 0.408 e. The Labute approximate surface area is 568 Å². The van der Waals surface area contributed by atoms with E-state index >= 15 is 14.4 Å². The molecule has 18 N–H and O–H groups in total. The van der Waals surface area contributed by atoms with Gasteiger partial charge in [0.25, 0.3) is 0 Å². The van der Waals surface area contributed by atoms with E-state index in [1.54, 1.807) is 78.8 Å². The number of hydrogen-bond acceptors (Lipinski definition) is 18. The third-order valence-electron chi connectivity index (χ3n) is 15.7. The molecule has 3 rings (SSSR count). The fraction of sp³-hybridized carbons (Fsp3) is 0.631. The van der Waals surface area contributed by atoms with Crippen LogP contribution in [0, 0.1) is 23.7 Å². The van der Waals surface area contributed by atoms with E-state index in [0.29, 0.717) is 5.56 Å². The second-order valence-electron chi connectivity index (χ2n) is 27.5. The summed E-state index contributed by atoms with van der Waals surface area (Å²) >= 11 is 0. The Morgan fingerprint density at radius 2 is 1.30 bits per heavy atom. The van der Waals surface area contributed by atoms with E-state index < -0.39 is 195 Å². The van der Waals surface area contributed by atoms with Crippen LogP contribution < -0.4 is 70.0 Å². The van der Waals surface area contributed by atoms with Crippen molar-refractivity contribution in [2.75, 3.05) is 19.7 Å². The number of ether oxygens (including phenoxy) is 1. The molecule has 1 aromatic heterocycles. The van der Waals surface area contributed by atoms with Crippen LogP contribution in [0.5, 0.6) is 0 Å². The first-order valence-corrected chi connectivity index (χ1v) is 36.4. The molecular weight excluding hydrogens is 1270 g/mol. The molecule has 0 spiro atoms. The number of nitrogens with zero attached hydrogens (tertiary/aromatic N) is 2. The first kappa shape index (κ1) is 82.6. The van der Waals surface area contributed by atoms with E-state index in [9.17, 15) is 58.5 Å². The molecule has 0 bridgehead atoms. The van der Waals surface area contributed by atoms with Gasteiger partial charge in [-0.15, -0.1) is 0 Å². The van der Waals surface area contributed by atoms with E-state index in [1.165, 1.54) is 52.2 Å². The van der Waals surface area contributed by atoms with Gasteiger partial charge in [-0.2, -0.15) is 0 Å². The zero-order valence-corrected chi connectivity index (χ0v) is 59.2. The lowest BCUT2D eigenvalue weighted by Crippen LogP contribution is -2.62. The minimum atomic E-state index is -2.24. The van der Waals surface area contributed by atoms with Crippen LogP contribution >= 0.6 is 0 Å². The molecule has 97 heavy (non-hydrogen) atoms. The normalized spacial score (nSPS) is 23.6. The summed E-state index contributed by atoms with van der Waals surface area (Å²) in [6.45, 7) is 21.1. The fourth-order valence-corrected chi connectivity index (χ4v) is 11.8. The van der Waals surface area contributed by atoms with Crippen LogP contribution in [0.25, 0.3) is 0 Å². The van der Waals surface area contributed by atoms with Gasteiger partial charge < -0.3 is 90.0 Å². The summed E-state index contributed by atoms with van der Waals surface area (Å²) in [6.07, 6.45) is -2.41. The van der Waals surface area contributed by atoms with Crippen molar-refractivity contribution in [2.24, 2.45) is 40.1 Å². The van der Waals surface area contributed by atoms with E-state index in [-0.39, 0.29) is 62.1 Å². The van der Waals surface area contributed by atoms with Crippen LogP contribution in [0.3, 0.4) is 0 Å². The number of aromatic nitrogens is 1. The van der Waals surface area contributed by atoms with Gasteiger partial charge in [0.2, 0.25) is 59.1 Å². The van der Waals surface area contributed by atoms with Gasteiger partial charge in [0, 0.05) is 39.9 Å². The van der Waals surface area contributed by atoms with Crippen molar-refractivity contribution in [3.63, 3.8) is 0 Å². The maximum absolute atomic E-state index is 15.7. The van der Waals surface area contributed by atoms with Crippen molar-refractivity contribution in [3.8, 4) is 0 Å². The van der Waals surface area contributed by atoms with Gasteiger partial charge in [0.1, 0.15) is 53.9 Å². The molecule has 31 nitrogen and oxygen atoms in total. The molecule has 1 aliphatic heterocycles. The maximum Gasteiger partial charge on any atom is 0.408 e. The van der Waals surface area contributed by atoms with Crippen molar-refractivity contribution in [1.29, 1.82) is 0 Å². The largest absolute Gasteiger partial charge is 0.444 e. The first-order chi connectivity index (χ1) is 45.2. The van der Waals surface area contributed by atoms with Gasteiger partial charge in [0.15, 0.2) is 11.7 Å². The number of hydrogen-bond donors (Lipinski definition) is 16. The van der Waals surface area contributed by atoms with Crippen molar-refractivity contribution in [2.45, 2.75) is 219 Å². The number of nitrogens with one attached hydrogen (secondary N) is 11. The summed E-state index contributed by atoms with van der Waals surface area (Å²) in [4.78, 5) is 182. The second-order valence-corrected chi connectivity index (χ2v) is 33.1. The Kier molecular flexibility index (Phi) is 33.2. The number of Topliss-reactive ketones (excluding diaryl/α,β-unsaturated/α-hetero) is 1. The quantitative estimate of drug-likeness (QED) is 0.0270. The molecule has 0 radical (unpaired) electrons. The van der Waals surface area contributed by atoms with Crippen molar-refractivity contribution in [1.82, 2.24) is 63.5 Å². The van der Waals surface area contributed by atoms with Crippen LogP contribution in [0.2, 0.25) is 25.7 Å². The molecule has 14 atom stereocenters. The number of carbonyl (C=O) groups is 12. The average molecular weight is 1380 g/mol. The molecule has 32 heteroatoms. The van der Waals surface area contributed by atoms with Gasteiger partial charge in [-0.05, 0) is 94.9 Å². The Morgan fingerprint density at radius 1 is 0.711 bits per heavy atom. The van der Waals surface area contributed by atoms with Gasteiger partial charge >= 0.3 is 6.09 Å². The number of carbonyl (C=O) groups excluding carboxylic acids is 12. The van der Waals surface area contributed by atoms with Gasteiger partial charge in [-0.25, -0.2) is 4.79 Å². The number of guanidine groups is 1. The zero-order chi connectivity index (χ0) is 73.2. The predicted molar refractivity (Wildman–Crippen MR) is 362 cm³/mol. The van der Waals surface area contributed by atoms with Crippen LogP contribution in [-0.4, -0.2) is 197 Å². The van der Waals surface area contributed by atoms with Crippen molar-refractivity contribution >= 4 is 85.0 Å². The highest BCUT2D eigenvalue weighted by Crippen LogP contribution is 2.28. The molecule has 0 aliphatic carbocycles. The standard InChI is InChI=1S/C65H105N15O16Si/c1-15-36(6)49-61(93)78-50(38(8)82)60(92)70-31-48(84)71-37(7)54(86)75-45(32-81)58(90)79-51(40-22-17-16-18-23-40)41(29-47(83)43(28-39-21-19-25-68-30-39)73-59(91)46(33-97(12,13)14)76-64(95)96-65(9,10)11)55(87)80-52(53(85)35(4)5)62(94)74-44(27-34(2)3)57(89)72-42(56(88)77-49)24-20-26-69-63(66)67/h16-19,21-23,25,30,34-38,41-46,49-53,81-82,85H,15,20,24,26-29,31-33H2,1-14H3,(H,70,92)(H,71,84)(H,72,89)(H,73,91)(H,74,94)(H,75,86)(H,76,95)(H,77,88)(H,78,93)(H,79,90)(H,80,87)(H4,66,67,69)/t36-,37-,38-,41-,42+,43-,44-,45?,46+,49-,50-,51+,52-,53+/m0/s1. The molecule has 1 aromatic carbocycles. The summed E-state index contributed by atoms with van der Waals surface area (Å²) in [5, 5.41) is 61.8. The molecule has 11 amide bonds. The molecule has 1 aliphatic rings. The van der Waals surface area contributed by atoms with Crippen LogP contribution in [0.15, 0.2) is 59.9 Å². The zero-order valence-electron chi connectivity index (χ0n) is 58.2. The predicted octanol–water partition coefficient (Wildman–Crippen LogP) is -1.15. The van der Waals surface area contributed by atoms with Gasteiger partial charge in [0.05, 0.1) is 43.4 Å². The summed E-state index contributed by atoms with van der Waals surface area (Å²) in [5.74, 6) is -14.9. The molecular formula is C65H105N15O16Si. The van der Waals surface area contributed by atoms with E-state index in [0.717, 1.165) is 0 Å². The third kappa shape index (κ3) is 28.5. The van der Waals surface area contributed by atoms with Gasteiger partial charge in [-0.3, -0.25) is 62.7 Å². The number of aliphatic imine (C=N–C) groups is 1. The fourth-order valence-electron chi connectivity index (χ4n) is 10.3.